The number of carbonyl (C=O) groups is 3. The Balaban J connectivity index is 1.69. The van der Waals surface area contributed by atoms with E-state index in [0.29, 0.717) is 19.4 Å². The van der Waals surface area contributed by atoms with Crippen LogP contribution in [0.1, 0.15) is 41.6 Å². The Labute approximate surface area is 167 Å². The maximum absolute atomic E-state index is 14.1. The van der Waals surface area contributed by atoms with Crippen LogP contribution >= 0.6 is 0 Å². The third kappa shape index (κ3) is 4.90. The number of hydrogen-bond donors (Lipinski definition) is 4. The van der Waals surface area contributed by atoms with Gasteiger partial charge in [0, 0.05) is 6.54 Å². The lowest BCUT2D eigenvalue weighted by Gasteiger charge is -2.29. The molecule has 0 aliphatic heterocycles. The standard InChI is InChI=1S/C21H22FN3O4/c22-16-9-8-15(18(26)27)12-17(16)24-19(28)21(10-4-5-11-21)25-20(29)23-13-14-6-2-1-3-7-14/h1-3,6-9,12H,4-5,10-11,13H2,(H,24,28)(H,26,27)(H2,23,25,29). The van der Waals surface area contributed by atoms with Crippen molar-refractivity contribution >= 4 is 23.6 Å². The third-order valence-corrected chi connectivity index (χ3v) is 5.00. The summed E-state index contributed by atoms with van der Waals surface area (Å²) in [4.78, 5) is 36.4. The Morgan fingerprint density at radius 3 is 2.38 bits per heavy atom. The van der Waals surface area contributed by atoms with Crippen LogP contribution in [0, 0.1) is 5.82 Å². The zero-order valence-corrected chi connectivity index (χ0v) is 15.7. The van der Waals surface area contributed by atoms with Gasteiger partial charge in [-0.3, -0.25) is 4.79 Å². The van der Waals surface area contributed by atoms with E-state index in [4.69, 9.17) is 5.11 Å². The van der Waals surface area contributed by atoms with E-state index in [0.717, 1.165) is 36.6 Å². The molecule has 1 aliphatic carbocycles. The van der Waals surface area contributed by atoms with E-state index in [1.165, 1.54) is 0 Å². The van der Waals surface area contributed by atoms with Crippen molar-refractivity contribution < 1.29 is 23.9 Å². The molecule has 0 heterocycles. The van der Waals surface area contributed by atoms with Gasteiger partial charge in [0.25, 0.3) is 0 Å². The summed E-state index contributed by atoms with van der Waals surface area (Å²) in [5.74, 6) is -2.54. The Kier molecular flexibility index (Phi) is 6.11. The SMILES string of the molecule is O=C(NCc1ccccc1)NC1(C(=O)Nc2cc(C(=O)O)ccc2F)CCCC1. The molecule has 1 fully saturated rings. The fourth-order valence-electron chi connectivity index (χ4n) is 3.42. The average molecular weight is 399 g/mol. The number of rotatable bonds is 6. The van der Waals surface area contributed by atoms with Gasteiger partial charge in [0.15, 0.2) is 0 Å². The molecule has 152 valence electrons. The zero-order valence-electron chi connectivity index (χ0n) is 15.7. The first-order valence-corrected chi connectivity index (χ1v) is 9.34. The largest absolute Gasteiger partial charge is 0.478 e. The molecule has 8 heteroatoms. The minimum absolute atomic E-state index is 0.143. The number of aromatic carboxylic acids is 1. The molecule has 1 aliphatic rings. The molecule has 0 spiro atoms. The minimum Gasteiger partial charge on any atom is -0.478 e. The highest BCUT2D eigenvalue weighted by molar-refractivity contribution is 6.01. The van der Waals surface area contributed by atoms with E-state index in [9.17, 15) is 18.8 Å². The Bertz CT molecular complexity index is 911. The lowest BCUT2D eigenvalue weighted by molar-refractivity contribution is -0.121. The highest BCUT2D eigenvalue weighted by Gasteiger charge is 2.42. The molecule has 0 aromatic heterocycles. The molecule has 2 aromatic rings. The number of carbonyl (C=O) groups excluding carboxylic acids is 2. The van der Waals surface area contributed by atoms with Crippen LogP contribution in [0.15, 0.2) is 48.5 Å². The fraction of sp³-hybridized carbons (Fsp3) is 0.286. The van der Waals surface area contributed by atoms with Crippen LogP contribution in [0.3, 0.4) is 0 Å². The molecule has 29 heavy (non-hydrogen) atoms. The molecule has 3 rings (SSSR count). The minimum atomic E-state index is -1.23. The van der Waals surface area contributed by atoms with Crippen LogP contribution in [0.5, 0.6) is 0 Å². The number of hydrogen-bond acceptors (Lipinski definition) is 3. The maximum atomic E-state index is 14.1. The van der Waals surface area contributed by atoms with Crippen molar-refractivity contribution in [1.82, 2.24) is 10.6 Å². The Morgan fingerprint density at radius 1 is 1.03 bits per heavy atom. The van der Waals surface area contributed by atoms with Gasteiger partial charge in [0.05, 0.1) is 11.3 Å². The second-order valence-electron chi connectivity index (χ2n) is 7.04. The van der Waals surface area contributed by atoms with Crippen LogP contribution < -0.4 is 16.0 Å². The highest BCUT2D eigenvalue weighted by atomic mass is 19.1. The third-order valence-electron chi connectivity index (χ3n) is 5.00. The quantitative estimate of drug-likeness (QED) is 0.598. The predicted molar refractivity (Wildman–Crippen MR) is 105 cm³/mol. The first-order chi connectivity index (χ1) is 13.9. The molecule has 0 unspecified atom stereocenters. The second-order valence-corrected chi connectivity index (χ2v) is 7.04. The molecule has 0 saturated heterocycles. The van der Waals surface area contributed by atoms with Crippen molar-refractivity contribution in [3.63, 3.8) is 0 Å². The summed E-state index contributed by atoms with van der Waals surface area (Å²) in [7, 11) is 0. The van der Waals surface area contributed by atoms with Crippen LogP contribution in [-0.4, -0.2) is 28.6 Å². The van der Waals surface area contributed by atoms with E-state index >= 15 is 0 Å². The van der Waals surface area contributed by atoms with Gasteiger partial charge in [-0.25, -0.2) is 14.0 Å². The fourth-order valence-corrected chi connectivity index (χ4v) is 3.42. The summed E-state index contributed by atoms with van der Waals surface area (Å²) in [6, 6.07) is 12.0. The first kappa shape index (κ1) is 20.3. The molecule has 1 saturated carbocycles. The van der Waals surface area contributed by atoms with Crippen LogP contribution in [0.4, 0.5) is 14.9 Å². The number of urea groups is 1. The van der Waals surface area contributed by atoms with Crippen LogP contribution in [-0.2, 0) is 11.3 Å². The number of amides is 3. The summed E-state index contributed by atoms with van der Waals surface area (Å²) >= 11 is 0. The Morgan fingerprint density at radius 2 is 1.72 bits per heavy atom. The van der Waals surface area contributed by atoms with Crippen LogP contribution in [0.25, 0.3) is 0 Å². The molecular weight excluding hydrogens is 377 g/mol. The lowest BCUT2D eigenvalue weighted by atomic mass is 9.96. The van der Waals surface area contributed by atoms with Crippen molar-refractivity contribution in [1.29, 1.82) is 0 Å². The number of carboxylic acids is 1. The van der Waals surface area contributed by atoms with Gasteiger partial charge in [-0.05, 0) is 36.6 Å². The maximum Gasteiger partial charge on any atom is 0.335 e. The number of halogens is 1. The van der Waals surface area contributed by atoms with Gasteiger partial charge in [0.1, 0.15) is 11.4 Å². The van der Waals surface area contributed by atoms with E-state index in [2.05, 4.69) is 16.0 Å². The monoisotopic (exact) mass is 399 g/mol. The van der Waals surface area contributed by atoms with Crippen molar-refractivity contribution in [3.05, 3.63) is 65.5 Å². The molecule has 7 nitrogen and oxygen atoms in total. The van der Waals surface area contributed by atoms with Gasteiger partial charge < -0.3 is 21.1 Å². The highest BCUT2D eigenvalue weighted by Crippen LogP contribution is 2.31. The Hall–Kier alpha value is -3.42. The van der Waals surface area contributed by atoms with Crippen molar-refractivity contribution in [2.45, 2.75) is 37.8 Å². The average Bonchev–Trinajstić information content (AvgIpc) is 3.18. The van der Waals surface area contributed by atoms with Gasteiger partial charge >= 0.3 is 12.0 Å². The summed E-state index contributed by atoms with van der Waals surface area (Å²) in [6.45, 7) is 0.305. The molecule has 3 amide bonds. The predicted octanol–water partition coefficient (Wildman–Crippen LogP) is 3.27. The number of carboxylic acid groups (broad SMARTS) is 1. The molecule has 4 N–H and O–H groups in total. The summed E-state index contributed by atoms with van der Waals surface area (Å²) in [5.41, 5.74) is -0.629. The number of benzene rings is 2. The second kappa shape index (κ2) is 8.72. The van der Waals surface area contributed by atoms with Gasteiger partial charge in [-0.2, -0.15) is 0 Å². The summed E-state index contributed by atoms with van der Waals surface area (Å²) in [6.07, 6.45) is 2.31. The summed E-state index contributed by atoms with van der Waals surface area (Å²) < 4.78 is 14.1. The van der Waals surface area contributed by atoms with Crippen molar-refractivity contribution in [2.75, 3.05) is 5.32 Å². The van der Waals surface area contributed by atoms with Crippen LogP contribution in [0.2, 0.25) is 0 Å². The van der Waals surface area contributed by atoms with Gasteiger partial charge in [-0.1, -0.05) is 43.2 Å². The number of anilines is 1. The van der Waals surface area contributed by atoms with Crippen molar-refractivity contribution in [2.24, 2.45) is 0 Å². The molecule has 0 bridgehead atoms. The summed E-state index contributed by atoms with van der Waals surface area (Å²) in [5, 5.41) is 17.0. The smallest absolute Gasteiger partial charge is 0.335 e. The van der Waals surface area contributed by atoms with E-state index in [1.807, 2.05) is 30.3 Å². The molecule has 0 atom stereocenters. The normalized spacial score (nSPS) is 14.8. The molecule has 2 aromatic carbocycles. The zero-order chi connectivity index (χ0) is 20.9. The topological polar surface area (TPSA) is 108 Å². The first-order valence-electron chi connectivity index (χ1n) is 9.34. The van der Waals surface area contributed by atoms with Gasteiger partial charge in [-0.15, -0.1) is 0 Å². The molecular formula is C21H22FN3O4. The van der Waals surface area contributed by atoms with E-state index in [1.54, 1.807) is 0 Å². The van der Waals surface area contributed by atoms with E-state index in [-0.39, 0.29) is 11.3 Å². The number of nitrogens with one attached hydrogen (secondary N) is 3. The lowest BCUT2D eigenvalue weighted by Crippen LogP contribution is -2.57. The molecule has 0 radical (unpaired) electrons. The van der Waals surface area contributed by atoms with Gasteiger partial charge in [0.2, 0.25) is 5.91 Å². The van der Waals surface area contributed by atoms with E-state index < -0.39 is 29.3 Å². The van der Waals surface area contributed by atoms with Crippen molar-refractivity contribution in [3.8, 4) is 0 Å².